The minimum absolute atomic E-state index is 0.276. The smallest absolute Gasteiger partial charge is 0.409 e. The Hall–Kier alpha value is -1.30. The fraction of sp³-hybridized carbons (Fsp3) is 0.636. The first-order valence-electron chi connectivity index (χ1n) is 5.68. The number of carbonyl (C=O) groups is 1. The third kappa shape index (κ3) is 2.69. The van der Waals surface area contributed by atoms with Crippen molar-refractivity contribution < 1.29 is 9.53 Å². The van der Waals surface area contributed by atoms with Crippen molar-refractivity contribution in [2.24, 2.45) is 0 Å². The van der Waals surface area contributed by atoms with E-state index in [2.05, 4.69) is 24.1 Å². The fourth-order valence-electron chi connectivity index (χ4n) is 1.79. The number of anilines is 1. The second-order valence-electron chi connectivity index (χ2n) is 4.33. The Labute approximate surface area is 105 Å². The van der Waals surface area contributed by atoms with Crippen LogP contribution in [0, 0.1) is 0 Å². The molecule has 0 atom stereocenters. The lowest BCUT2D eigenvalue weighted by Crippen LogP contribution is -2.35. The maximum absolute atomic E-state index is 11.4. The maximum atomic E-state index is 11.4. The standard InChI is InChI=1S/C11H17N3O2S/c1-7(2)12-10-13-8-6-14(11(15)16-3)5-4-9(8)17-10/h7H,4-6H2,1-3H3,(H,12,13). The Morgan fingerprint density at radius 1 is 1.59 bits per heavy atom. The zero-order chi connectivity index (χ0) is 12.4. The van der Waals surface area contributed by atoms with Crippen LogP contribution in [0.15, 0.2) is 0 Å². The summed E-state index contributed by atoms with van der Waals surface area (Å²) in [4.78, 5) is 18.9. The highest BCUT2D eigenvalue weighted by molar-refractivity contribution is 7.15. The van der Waals surface area contributed by atoms with Gasteiger partial charge in [0.1, 0.15) is 0 Å². The van der Waals surface area contributed by atoms with Crippen molar-refractivity contribution in [3.63, 3.8) is 0 Å². The second kappa shape index (κ2) is 4.91. The lowest BCUT2D eigenvalue weighted by Gasteiger charge is -2.24. The number of carbonyl (C=O) groups excluding carboxylic acids is 1. The summed E-state index contributed by atoms with van der Waals surface area (Å²) in [5.41, 5.74) is 0.995. The minimum atomic E-state index is -0.276. The summed E-state index contributed by atoms with van der Waals surface area (Å²) in [6, 6.07) is 0.374. The number of thiazole rings is 1. The van der Waals surface area contributed by atoms with Gasteiger partial charge >= 0.3 is 6.09 Å². The van der Waals surface area contributed by atoms with E-state index in [0.717, 1.165) is 17.2 Å². The van der Waals surface area contributed by atoms with E-state index in [4.69, 9.17) is 4.74 Å². The summed E-state index contributed by atoms with van der Waals surface area (Å²) in [5.74, 6) is 0. The van der Waals surface area contributed by atoms with Gasteiger partial charge in [0.25, 0.3) is 0 Å². The molecule has 5 nitrogen and oxygen atoms in total. The predicted octanol–water partition coefficient (Wildman–Crippen LogP) is 2.09. The second-order valence-corrected chi connectivity index (χ2v) is 5.41. The van der Waals surface area contributed by atoms with Gasteiger partial charge in [0.15, 0.2) is 5.13 Å². The Balaban J connectivity index is 2.10. The van der Waals surface area contributed by atoms with Crippen molar-refractivity contribution in [2.45, 2.75) is 32.9 Å². The first-order valence-corrected chi connectivity index (χ1v) is 6.49. The molecule has 0 fully saturated rings. The van der Waals surface area contributed by atoms with Crippen molar-refractivity contribution in [1.82, 2.24) is 9.88 Å². The molecule has 0 radical (unpaired) electrons. The molecule has 2 heterocycles. The zero-order valence-corrected chi connectivity index (χ0v) is 11.1. The van der Waals surface area contributed by atoms with E-state index in [9.17, 15) is 4.79 Å². The number of nitrogens with one attached hydrogen (secondary N) is 1. The van der Waals surface area contributed by atoms with Crippen LogP contribution in [0.2, 0.25) is 0 Å². The zero-order valence-electron chi connectivity index (χ0n) is 10.3. The molecule has 0 saturated heterocycles. The monoisotopic (exact) mass is 255 g/mol. The van der Waals surface area contributed by atoms with Crippen molar-refractivity contribution in [2.75, 3.05) is 19.0 Å². The minimum Gasteiger partial charge on any atom is -0.453 e. The number of rotatable bonds is 2. The number of fused-ring (bicyclic) bond motifs is 1. The molecule has 2 rings (SSSR count). The molecule has 0 aromatic carbocycles. The Morgan fingerprint density at radius 3 is 3.00 bits per heavy atom. The van der Waals surface area contributed by atoms with Crippen LogP contribution in [0.1, 0.15) is 24.4 Å². The molecule has 0 spiro atoms. The Bertz CT molecular complexity index is 417. The average molecular weight is 255 g/mol. The molecule has 94 valence electrons. The highest BCUT2D eigenvalue weighted by atomic mass is 32.1. The van der Waals surface area contributed by atoms with Gasteiger partial charge in [-0.05, 0) is 13.8 Å². The molecule has 1 aliphatic rings. The SMILES string of the molecule is COC(=O)N1CCc2sc(NC(C)C)nc2C1. The molecule has 1 N–H and O–H groups in total. The number of nitrogens with zero attached hydrogens (tertiary/aromatic N) is 2. The highest BCUT2D eigenvalue weighted by Gasteiger charge is 2.24. The van der Waals surface area contributed by atoms with Gasteiger partial charge in [-0.15, -0.1) is 11.3 Å². The Kier molecular flexibility index (Phi) is 3.51. The first kappa shape index (κ1) is 12.2. The molecule has 1 aromatic rings. The van der Waals surface area contributed by atoms with Crippen molar-refractivity contribution >= 4 is 22.6 Å². The number of methoxy groups -OCH3 is 1. The lowest BCUT2D eigenvalue weighted by atomic mass is 10.2. The summed E-state index contributed by atoms with van der Waals surface area (Å²) in [6.45, 7) is 5.43. The molecule has 0 aliphatic carbocycles. The van der Waals surface area contributed by atoms with Crippen LogP contribution < -0.4 is 5.32 Å². The molecule has 0 bridgehead atoms. The van der Waals surface area contributed by atoms with Crippen LogP contribution in [0.25, 0.3) is 0 Å². The van der Waals surface area contributed by atoms with Crippen molar-refractivity contribution in [3.05, 3.63) is 10.6 Å². The van der Waals surface area contributed by atoms with Gasteiger partial charge in [-0.25, -0.2) is 9.78 Å². The largest absolute Gasteiger partial charge is 0.453 e. The number of hydrogen-bond acceptors (Lipinski definition) is 5. The number of hydrogen-bond donors (Lipinski definition) is 1. The van der Waals surface area contributed by atoms with Crippen LogP contribution in [-0.4, -0.2) is 35.7 Å². The molecule has 17 heavy (non-hydrogen) atoms. The van der Waals surface area contributed by atoms with E-state index in [1.807, 2.05) is 0 Å². The van der Waals surface area contributed by atoms with Crippen molar-refractivity contribution in [1.29, 1.82) is 0 Å². The van der Waals surface area contributed by atoms with Crippen LogP contribution in [-0.2, 0) is 17.7 Å². The average Bonchev–Trinajstić information content (AvgIpc) is 2.67. The van der Waals surface area contributed by atoms with Crippen LogP contribution in [0.4, 0.5) is 9.93 Å². The summed E-state index contributed by atoms with van der Waals surface area (Å²) >= 11 is 1.68. The number of amides is 1. The van der Waals surface area contributed by atoms with E-state index in [1.54, 1.807) is 16.2 Å². The number of aromatic nitrogens is 1. The van der Waals surface area contributed by atoms with E-state index < -0.39 is 0 Å². The lowest BCUT2D eigenvalue weighted by molar-refractivity contribution is 0.118. The van der Waals surface area contributed by atoms with Crippen LogP contribution in [0.5, 0.6) is 0 Å². The number of ether oxygens (including phenoxy) is 1. The van der Waals surface area contributed by atoms with Gasteiger partial charge < -0.3 is 15.0 Å². The first-order chi connectivity index (χ1) is 8.10. The van der Waals surface area contributed by atoms with Gasteiger partial charge in [-0.1, -0.05) is 0 Å². The summed E-state index contributed by atoms with van der Waals surface area (Å²) in [5, 5.41) is 4.23. The summed E-state index contributed by atoms with van der Waals surface area (Å²) in [6.07, 6.45) is 0.587. The van der Waals surface area contributed by atoms with Gasteiger partial charge in [0, 0.05) is 23.9 Å². The van der Waals surface area contributed by atoms with Gasteiger partial charge in [-0.2, -0.15) is 0 Å². The van der Waals surface area contributed by atoms with Gasteiger partial charge in [-0.3, -0.25) is 0 Å². The highest BCUT2D eigenvalue weighted by Crippen LogP contribution is 2.28. The maximum Gasteiger partial charge on any atom is 0.409 e. The molecule has 0 saturated carbocycles. The van der Waals surface area contributed by atoms with E-state index in [1.165, 1.54) is 12.0 Å². The molecular formula is C11H17N3O2S. The normalized spacial score (nSPS) is 14.7. The van der Waals surface area contributed by atoms with Crippen LogP contribution >= 0.6 is 11.3 Å². The van der Waals surface area contributed by atoms with Crippen LogP contribution in [0.3, 0.4) is 0 Å². The van der Waals surface area contributed by atoms with Crippen molar-refractivity contribution in [3.8, 4) is 0 Å². The molecular weight excluding hydrogens is 238 g/mol. The van der Waals surface area contributed by atoms with E-state index in [-0.39, 0.29) is 6.09 Å². The van der Waals surface area contributed by atoms with Gasteiger partial charge in [0.2, 0.25) is 0 Å². The Morgan fingerprint density at radius 2 is 2.35 bits per heavy atom. The van der Waals surface area contributed by atoms with E-state index >= 15 is 0 Å². The molecule has 0 unspecified atom stereocenters. The molecule has 1 amide bonds. The van der Waals surface area contributed by atoms with Gasteiger partial charge in [0.05, 0.1) is 19.3 Å². The molecule has 1 aromatic heterocycles. The molecule has 6 heteroatoms. The quantitative estimate of drug-likeness (QED) is 0.879. The predicted molar refractivity (Wildman–Crippen MR) is 67.4 cm³/mol. The topological polar surface area (TPSA) is 54.5 Å². The summed E-state index contributed by atoms with van der Waals surface area (Å²) in [7, 11) is 1.41. The third-order valence-electron chi connectivity index (χ3n) is 2.57. The third-order valence-corrected chi connectivity index (χ3v) is 3.66. The summed E-state index contributed by atoms with van der Waals surface area (Å²) < 4.78 is 4.72. The fourth-order valence-corrected chi connectivity index (χ4v) is 2.90. The molecule has 1 aliphatic heterocycles. The van der Waals surface area contributed by atoms with E-state index in [0.29, 0.717) is 19.1 Å².